The molecule has 0 aromatic heterocycles. The number of unbranched alkanes of at least 4 members (excludes halogenated alkanes) is 2. The number of allylic oxidation sites excluding steroid dienone is 8. The zero-order valence-corrected chi connectivity index (χ0v) is 37.5. The number of hydroxylamine groups is 4. The van der Waals surface area contributed by atoms with Crippen molar-refractivity contribution in [1.29, 1.82) is 0 Å². The van der Waals surface area contributed by atoms with Gasteiger partial charge in [-0.05, 0) is 66.8 Å². The van der Waals surface area contributed by atoms with E-state index in [1.165, 1.54) is 26.3 Å². The van der Waals surface area contributed by atoms with E-state index in [9.17, 15) is 36.4 Å². The monoisotopic (exact) mass is 883 g/mol. The molecule has 0 saturated carbocycles. The van der Waals surface area contributed by atoms with E-state index in [2.05, 4.69) is 4.90 Å². The summed E-state index contributed by atoms with van der Waals surface area (Å²) in [5.74, 6) is -1.91. The Kier molecular flexibility index (Phi) is 16.9. The van der Waals surface area contributed by atoms with Crippen LogP contribution in [0.3, 0.4) is 0 Å². The molecule has 3 aliphatic heterocycles. The van der Waals surface area contributed by atoms with Crippen LogP contribution in [0, 0.1) is 5.41 Å². The van der Waals surface area contributed by atoms with Gasteiger partial charge in [-0.25, -0.2) is 14.1 Å². The molecule has 0 radical (unpaired) electrons. The van der Waals surface area contributed by atoms with E-state index >= 15 is 0 Å². The highest BCUT2D eigenvalue weighted by Gasteiger charge is 2.40. The quantitative estimate of drug-likeness (QED) is 0.0312. The van der Waals surface area contributed by atoms with Gasteiger partial charge in [0.25, 0.3) is 27.8 Å². The molecule has 3 amide bonds. The van der Waals surface area contributed by atoms with Gasteiger partial charge in [-0.2, -0.15) is 8.42 Å². The van der Waals surface area contributed by atoms with Gasteiger partial charge in [0.15, 0.2) is 11.1 Å². The fourth-order valence-corrected chi connectivity index (χ4v) is 8.01. The van der Waals surface area contributed by atoms with Gasteiger partial charge in [0, 0.05) is 80.6 Å². The molecular formula is C43H57N5O11S2. The predicted molar refractivity (Wildman–Crippen MR) is 233 cm³/mol. The fraction of sp³-hybridized carbons (Fsp3) is 0.465. The standard InChI is InChI=1S/C43H57N5O11S2/c1-42(2)32(27-31(41(52)46(6)58-7)30-45(5)24-16-26-60(53)54)29-44-36(42)17-12-9-8-10-13-18-37-43(3,4)34-28-33(61(55,56)57)20-21-35(34)47(37)25-15-11-14-19-40(51)59-48-38(49)22-23-39(48)50/h8-10,12-13,17-18,20-21,27-28,30H,11,14-16,19,22-26,29H2,1-7H3,(H,53,54)(H,55,56,57)/b9-8+,13-10+,17-12+,31-30+,32-27+,37-18+. The number of hydrogen-bond acceptors (Lipinski definition) is 12. The maximum absolute atomic E-state index is 13.2. The summed E-state index contributed by atoms with van der Waals surface area (Å²) in [7, 11) is 0.297. The van der Waals surface area contributed by atoms with E-state index in [-0.39, 0.29) is 35.8 Å². The lowest BCUT2D eigenvalue weighted by Crippen LogP contribution is -2.32. The van der Waals surface area contributed by atoms with Crippen molar-refractivity contribution in [3.8, 4) is 0 Å². The van der Waals surface area contributed by atoms with E-state index in [0.717, 1.165) is 33.3 Å². The van der Waals surface area contributed by atoms with Gasteiger partial charge in [0.2, 0.25) is 0 Å². The molecule has 0 bridgehead atoms. The van der Waals surface area contributed by atoms with Gasteiger partial charge in [-0.15, -0.1) is 5.06 Å². The number of likely N-dealkylation sites (N-methyl/N-ethyl adjacent to an activating group) is 1. The molecule has 61 heavy (non-hydrogen) atoms. The van der Waals surface area contributed by atoms with E-state index in [1.54, 1.807) is 24.2 Å². The minimum Gasteiger partial charge on any atom is -0.380 e. The Balaban J connectivity index is 1.44. The highest BCUT2D eigenvalue weighted by Crippen LogP contribution is 2.48. The summed E-state index contributed by atoms with van der Waals surface area (Å²) in [6.45, 7) is 9.46. The van der Waals surface area contributed by atoms with Crippen LogP contribution in [-0.2, 0) is 55.5 Å². The summed E-state index contributed by atoms with van der Waals surface area (Å²) in [4.78, 5) is 67.6. The van der Waals surface area contributed by atoms with E-state index in [0.29, 0.717) is 56.0 Å². The smallest absolute Gasteiger partial charge is 0.333 e. The Labute approximate surface area is 361 Å². The molecule has 1 fully saturated rings. The summed E-state index contributed by atoms with van der Waals surface area (Å²) in [6, 6.07) is 4.55. The Morgan fingerprint density at radius 3 is 2.30 bits per heavy atom. The Bertz CT molecular complexity index is 2190. The maximum Gasteiger partial charge on any atom is 0.333 e. The molecule has 0 aliphatic carbocycles. The molecule has 0 spiro atoms. The van der Waals surface area contributed by atoms with Crippen molar-refractivity contribution < 1.29 is 50.6 Å². The number of carbonyl (C=O) groups excluding carboxylic acids is 4. The van der Waals surface area contributed by atoms with Crippen molar-refractivity contribution in [1.82, 2.24) is 15.0 Å². The van der Waals surface area contributed by atoms with Gasteiger partial charge in [-0.3, -0.25) is 28.8 Å². The normalized spacial score (nSPS) is 19.6. The molecule has 1 aromatic rings. The number of fused-ring (bicyclic) bond motifs is 1. The molecular weight excluding hydrogens is 827 g/mol. The molecule has 1 saturated heterocycles. The minimum absolute atomic E-state index is 0.0270. The van der Waals surface area contributed by atoms with Crippen LogP contribution < -0.4 is 4.90 Å². The van der Waals surface area contributed by atoms with Gasteiger partial charge < -0.3 is 19.2 Å². The van der Waals surface area contributed by atoms with Crippen LogP contribution in [-0.4, -0.2) is 113 Å². The lowest BCUT2D eigenvalue weighted by Gasteiger charge is -2.27. The molecule has 18 heteroatoms. The number of carbonyl (C=O) groups is 4. The van der Waals surface area contributed by atoms with Crippen molar-refractivity contribution in [2.75, 3.05) is 51.5 Å². The first kappa shape index (κ1) is 48.7. The number of amides is 3. The number of anilines is 1. The average molecular weight is 884 g/mol. The lowest BCUT2D eigenvalue weighted by atomic mass is 9.80. The van der Waals surface area contributed by atoms with Crippen LogP contribution in [0.1, 0.15) is 78.2 Å². The lowest BCUT2D eigenvalue weighted by molar-refractivity contribution is -0.197. The van der Waals surface area contributed by atoms with E-state index in [1.807, 2.05) is 76.3 Å². The molecule has 4 rings (SSSR count). The van der Waals surface area contributed by atoms with Crippen LogP contribution in [0.15, 0.2) is 99.7 Å². The van der Waals surface area contributed by atoms with E-state index < -0.39 is 49.8 Å². The van der Waals surface area contributed by atoms with Gasteiger partial charge in [0.1, 0.15) is 0 Å². The van der Waals surface area contributed by atoms with Crippen LogP contribution >= 0.6 is 0 Å². The number of rotatable bonds is 20. The molecule has 2 N–H and O–H groups in total. The first-order valence-corrected chi connectivity index (χ1v) is 22.7. The Morgan fingerprint density at radius 1 is 0.967 bits per heavy atom. The van der Waals surface area contributed by atoms with Crippen molar-refractivity contribution in [3.63, 3.8) is 0 Å². The maximum atomic E-state index is 13.2. The molecule has 3 heterocycles. The minimum atomic E-state index is -4.43. The van der Waals surface area contributed by atoms with Crippen LogP contribution in [0.5, 0.6) is 0 Å². The predicted octanol–water partition coefficient (Wildman–Crippen LogP) is 5.61. The Morgan fingerprint density at radius 2 is 1.64 bits per heavy atom. The summed E-state index contributed by atoms with van der Waals surface area (Å²) in [5.41, 5.74) is 3.48. The first-order chi connectivity index (χ1) is 28.7. The summed E-state index contributed by atoms with van der Waals surface area (Å²) in [6.07, 6.45) is 19.1. The van der Waals surface area contributed by atoms with Crippen LogP contribution in [0.2, 0.25) is 0 Å². The highest BCUT2D eigenvalue weighted by atomic mass is 32.2. The van der Waals surface area contributed by atoms with Crippen molar-refractivity contribution in [3.05, 3.63) is 95.4 Å². The summed E-state index contributed by atoms with van der Waals surface area (Å²) >= 11 is -1.89. The summed E-state index contributed by atoms with van der Waals surface area (Å²) < 4.78 is 54.1. The second-order valence-corrected chi connectivity index (χ2v) is 18.4. The number of aliphatic imine (C=N–C) groups is 1. The average Bonchev–Trinajstić information content (AvgIpc) is 3.74. The second kappa shape index (κ2) is 21.2. The number of imide groups is 1. The number of nitrogens with zero attached hydrogens (tertiary/aromatic N) is 5. The zero-order valence-electron chi connectivity index (χ0n) is 35.8. The largest absolute Gasteiger partial charge is 0.380 e. The van der Waals surface area contributed by atoms with Crippen LogP contribution in [0.25, 0.3) is 0 Å². The molecule has 1 unspecified atom stereocenters. The van der Waals surface area contributed by atoms with Gasteiger partial charge in [0.05, 0.1) is 29.9 Å². The van der Waals surface area contributed by atoms with Crippen molar-refractivity contribution in [2.24, 2.45) is 10.4 Å². The third kappa shape index (κ3) is 12.8. The topological polar surface area (TPSA) is 204 Å². The molecule has 3 aliphatic rings. The highest BCUT2D eigenvalue weighted by molar-refractivity contribution is 7.85. The van der Waals surface area contributed by atoms with Crippen molar-refractivity contribution >= 4 is 56.3 Å². The molecule has 1 aromatic carbocycles. The van der Waals surface area contributed by atoms with Crippen molar-refractivity contribution in [2.45, 2.75) is 83.0 Å². The molecule has 332 valence electrons. The SMILES string of the molecule is CON(C)C(=O)C(/C=C1\CN=C(/C=C/C=C/C=C/C=C2/N(CCCCCC(=O)ON3C(=O)CCC3=O)c3ccc(S(=O)(=O)O)cc3C2(C)C)C1(C)C)=C/N(C)CCCS(=O)O. The number of hydrogen-bond donors (Lipinski definition) is 2. The number of benzene rings is 1. The molecule has 16 nitrogen and oxygen atoms in total. The second-order valence-electron chi connectivity index (χ2n) is 15.9. The molecule has 1 atom stereocenters. The summed E-state index contributed by atoms with van der Waals surface area (Å²) in [5, 5.41) is 1.68. The third-order valence-corrected chi connectivity index (χ3v) is 12.3. The first-order valence-electron chi connectivity index (χ1n) is 19.9. The van der Waals surface area contributed by atoms with Gasteiger partial charge >= 0.3 is 5.97 Å². The van der Waals surface area contributed by atoms with E-state index in [4.69, 9.17) is 19.2 Å². The zero-order chi connectivity index (χ0) is 45.1. The van der Waals surface area contributed by atoms with Gasteiger partial charge in [-0.1, -0.05) is 64.5 Å². The third-order valence-electron chi connectivity index (χ3n) is 10.8. The fourth-order valence-electron chi connectivity index (χ4n) is 7.13. The van der Waals surface area contributed by atoms with Crippen LogP contribution in [0.4, 0.5) is 5.69 Å². The Hall–Kier alpha value is -5.01.